The summed E-state index contributed by atoms with van der Waals surface area (Å²) < 4.78 is 42.2. The van der Waals surface area contributed by atoms with Crippen molar-refractivity contribution >= 4 is 0 Å². The number of hydrogen-bond acceptors (Lipinski definition) is 17. The van der Waals surface area contributed by atoms with Crippen molar-refractivity contribution in [2.24, 2.45) is 5.92 Å². The van der Waals surface area contributed by atoms with Gasteiger partial charge >= 0.3 is 0 Å². The van der Waals surface area contributed by atoms with E-state index in [2.05, 4.69) is 33.8 Å². The first-order chi connectivity index (χ1) is 26.6. The van der Waals surface area contributed by atoms with Gasteiger partial charge < -0.3 is 84.2 Å². The Labute approximate surface area is 325 Å². The molecule has 56 heavy (non-hydrogen) atoms. The zero-order chi connectivity index (χ0) is 40.6. The summed E-state index contributed by atoms with van der Waals surface area (Å²) in [5, 5.41) is 105. The summed E-state index contributed by atoms with van der Waals surface area (Å²) in [4.78, 5) is 0. The van der Waals surface area contributed by atoms with Crippen molar-refractivity contribution in [1.29, 1.82) is 0 Å². The number of benzene rings is 1. The normalized spacial score (nSPS) is 42.2. The Bertz CT molecular complexity index is 1490. The Morgan fingerprint density at radius 1 is 0.732 bits per heavy atom. The molecule has 17 unspecified atom stereocenters. The summed E-state index contributed by atoms with van der Waals surface area (Å²) in [5.41, 5.74) is 2.44. The Balaban J connectivity index is 1.32. The van der Waals surface area contributed by atoms with Crippen LogP contribution >= 0.6 is 0 Å². The highest BCUT2D eigenvalue weighted by Gasteiger charge is 2.53. The second kappa shape index (κ2) is 18.1. The number of allylic oxidation sites excluding steroid dienone is 2. The van der Waals surface area contributed by atoms with E-state index >= 15 is 0 Å². The lowest BCUT2D eigenvalue weighted by Gasteiger charge is -2.48. The number of unbranched alkanes of at least 4 members (excludes halogenated alkanes) is 2. The van der Waals surface area contributed by atoms with E-state index < -0.39 is 118 Å². The minimum absolute atomic E-state index is 0.0968. The highest BCUT2D eigenvalue weighted by Crippen LogP contribution is 2.54. The third-order valence-electron chi connectivity index (χ3n) is 11.9. The molecule has 10 N–H and O–H groups in total. The maximum atomic E-state index is 11.7. The second-order valence-electron chi connectivity index (χ2n) is 16.3. The molecule has 3 fully saturated rings. The number of aliphatic hydroxyl groups excluding tert-OH is 10. The zero-order valence-corrected chi connectivity index (χ0v) is 32.2. The molecule has 318 valence electrons. The van der Waals surface area contributed by atoms with Gasteiger partial charge in [-0.05, 0) is 64.2 Å². The Morgan fingerprint density at radius 2 is 1.34 bits per heavy atom. The summed E-state index contributed by atoms with van der Waals surface area (Å²) in [6.07, 6.45) is -17.1. The quantitative estimate of drug-likeness (QED) is 0.0835. The molecule has 0 aromatic heterocycles. The maximum Gasteiger partial charge on any atom is 0.229 e. The molecule has 1 aliphatic carbocycles. The van der Waals surface area contributed by atoms with Crippen molar-refractivity contribution in [3.05, 3.63) is 34.9 Å². The van der Waals surface area contributed by atoms with E-state index in [9.17, 15) is 51.1 Å². The zero-order valence-electron chi connectivity index (χ0n) is 32.2. The SMILES string of the molecule is CCCCCc1cc(OC2OC(COC3OC(CO)C(O)C(O)C3O)C(OC3OC(CO)C(O)C(O)C3O)C(O)C2O)c2c(c1)OC(C)(C)C1CCC(C)=CC21. The van der Waals surface area contributed by atoms with Gasteiger partial charge in [-0.1, -0.05) is 31.4 Å². The molecular weight excluding hydrogens is 740 g/mol. The maximum absolute atomic E-state index is 11.7. The van der Waals surface area contributed by atoms with Gasteiger partial charge in [-0.3, -0.25) is 0 Å². The van der Waals surface area contributed by atoms with Crippen molar-refractivity contribution in [2.45, 2.75) is 170 Å². The molecule has 17 heteroatoms. The average molecular weight is 801 g/mol. The highest BCUT2D eigenvalue weighted by molar-refractivity contribution is 5.54. The van der Waals surface area contributed by atoms with Crippen molar-refractivity contribution in [2.75, 3.05) is 19.8 Å². The lowest BCUT2D eigenvalue weighted by molar-refractivity contribution is -0.360. The predicted octanol–water partition coefficient (Wildman–Crippen LogP) is -1.14. The van der Waals surface area contributed by atoms with Crippen LogP contribution in [0.1, 0.15) is 76.8 Å². The number of ether oxygens (including phenoxy) is 7. The first-order valence-corrected chi connectivity index (χ1v) is 19.7. The fourth-order valence-electron chi connectivity index (χ4n) is 8.54. The molecule has 0 amide bonds. The molecule has 1 aromatic rings. The van der Waals surface area contributed by atoms with Crippen LogP contribution in [0.2, 0.25) is 0 Å². The van der Waals surface area contributed by atoms with Crippen LogP contribution in [-0.4, -0.2) is 169 Å². The fraction of sp³-hybridized carbons (Fsp3) is 0.795. The first kappa shape index (κ1) is 43.5. The van der Waals surface area contributed by atoms with Gasteiger partial charge in [-0.2, -0.15) is 0 Å². The predicted molar refractivity (Wildman–Crippen MR) is 193 cm³/mol. The van der Waals surface area contributed by atoms with Crippen molar-refractivity contribution in [3.63, 3.8) is 0 Å². The molecule has 0 radical (unpaired) electrons. The second-order valence-corrected chi connectivity index (χ2v) is 16.3. The van der Waals surface area contributed by atoms with Gasteiger partial charge in [0.25, 0.3) is 0 Å². The van der Waals surface area contributed by atoms with Crippen molar-refractivity contribution < 1.29 is 84.2 Å². The number of rotatable bonds is 13. The smallest absolute Gasteiger partial charge is 0.229 e. The summed E-state index contributed by atoms with van der Waals surface area (Å²) >= 11 is 0. The Morgan fingerprint density at radius 3 is 1.98 bits per heavy atom. The lowest BCUT2D eigenvalue weighted by Crippen LogP contribution is -2.65. The van der Waals surface area contributed by atoms with Crippen LogP contribution in [0, 0.1) is 5.92 Å². The minimum atomic E-state index is -1.87. The van der Waals surface area contributed by atoms with Crippen LogP contribution in [-0.2, 0) is 30.1 Å². The van der Waals surface area contributed by atoms with Crippen LogP contribution < -0.4 is 9.47 Å². The van der Waals surface area contributed by atoms with Gasteiger partial charge in [-0.15, -0.1) is 0 Å². The van der Waals surface area contributed by atoms with E-state index in [4.69, 9.17) is 33.2 Å². The fourth-order valence-corrected chi connectivity index (χ4v) is 8.54. The monoisotopic (exact) mass is 800 g/mol. The molecule has 6 rings (SSSR count). The largest absolute Gasteiger partial charge is 0.487 e. The lowest BCUT2D eigenvalue weighted by atomic mass is 9.68. The molecule has 17 atom stereocenters. The molecule has 4 heterocycles. The molecule has 17 nitrogen and oxygen atoms in total. The minimum Gasteiger partial charge on any atom is -0.487 e. The molecule has 1 aromatic carbocycles. The molecule has 0 bridgehead atoms. The molecular formula is C39H60O17. The molecule has 0 spiro atoms. The van der Waals surface area contributed by atoms with Gasteiger partial charge in [0.2, 0.25) is 6.29 Å². The van der Waals surface area contributed by atoms with Crippen LogP contribution in [0.25, 0.3) is 0 Å². The number of aliphatic hydroxyl groups is 10. The molecule has 5 aliphatic rings. The van der Waals surface area contributed by atoms with Gasteiger partial charge in [0, 0.05) is 17.4 Å². The number of hydrogen-bond donors (Lipinski definition) is 10. The van der Waals surface area contributed by atoms with Gasteiger partial charge in [0.1, 0.15) is 90.3 Å². The van der Waals surface area contributed by atoms with Crippen LogP contribution in [0.5, 0.6) is 11.5 Å². The molecule has 4 aliphatic heterocycles. The molecule has 3 saturated heterocycles. The van der Waals surface area contributed by atoms with Crippen LogP contribution in [0.15, 0.2) is 23.8 Å². The van der Waals surface area contributed by atoms with E-state index in [1.165, 1.54) is 5.57 Å². The Kier molecular flexibility index (Phi) is 14.0. The van der Waals surface area contributed by atoms with E-state index in [0.29, 0.717) is 11.5 Å². The summed E-state index contributed by atoms with van der Waals surface area (Å²) in [6, 6.07) is 3.92. The third-order valence-corrected chi connectivity index (χ3v) is 11.9. The topological polar surface area (TPSA) is 267 Å². The summed E-state index contributed by atoms with van der Waals surface area (Å²) in [6.45, 7) is 6.29. The van der Waals surface area contributed by atoms with E-state index in [-0.39, 0.29) is 11.8 Å². The summed E-state index contributed by atoms with van der Waals surface area (Å²) in [7, 11) is 0. The van der Waals surface area contributed by atoms with Gasteiger partial charge in [0.05, 0.1) is 19.8 Å². The average Bonchev–Trinajstić information content (AvgIpc) is 3.16. The first-order valence-electron chi connectivity index (χ1n) is 19.7. The van der Waals surface area contributed by atoms with E-state index in [0.717, 1.165) is 49.7 Å². The standard InChI is InChI=1S/C39H60O17/c1-5-6-7-8-18-12-21(26-19-11-17(2)9-10-20(19)39(3,4)56-22(26)13-18)51-37-34(49)31(46)35(55-38-33(48)30(45)28(43)24(15-41)53-38)25(54-37)16-50-36-32(47)29(44)27(42)23(14-40)52-36/h11-13,19-20,23-25,27-38,40-49H,5-10,14-16H2,1-4H3. The van der Waals surface area contributed by atoms with Crippen molar-refractivity contribution in [1.82, 2.24) is 0 Å². The Hall–Kier alpha value is -2.04. The summed E-state index contributed by atoms with van der Waals surface area (Å²) in [5.74, 6) is 1.03. The van der Waals surface area contributed by atoms with E-state index in [1.54, 1.807) is 0 Å². The van der Waals surface area contributed by atoms with Crippen LogP contribution in [0.3, 0.4) is 0 Å². The number of fused-ring (bicyclic) bond motifs is 3. The van der Waals surface area contributed by atoms with Crippen molar-refractivity contribution in [3.8, 4) is 11.5 Å². The van der Waals surface area contributed by atoms with E-state index in [1.807, 2.05) is 12.1 Å². The van der Waals surface area contributed by atoms with Gasteiger partial charge in [0.15, 0.2) is 12.6 Å². The van der Waals surface area contributed by atoms with Gasteiger partial charge in [-0.25, -0.2) is 0 Å². The van der Waals surface area contributed by atoms with Crippen LogP contribution in [0.4, 0.5) is 0 Å². The number of aryl methyl sites for hydroxylation is 1. The third kappa shape index (κ3) is 8.78. The molecule has 0 saturated carbocycles. The highest BCUT2D eigenvalue weighted by atomic mass is 16.8.